The second kappa shape index (κ2) is 10.1. The van der Waals surface area contributed by atoms with E-state index < -0.39 is 6.61 Å². The molecule has 2 N–H and O–H groups in total. The molecule has 0 saturated heterocycles. The van der Waals surface area contributed by atoms with Crippen LogP contribution >= 0.6 is 0 Å². The lowest BCUT2D eigenvalue weighted by molar-refractivity contribution is -0.115. The van der Waals surface area contributed by atoms with E-state index in [1.165, 1.54) is 12.1 Å². The van der Waals surface area contributed by atoms with Gasteiger partial charge in [-0.05, 0) is 35.4 Å². The fourth-order valence-electron chi connectivity index (χ4n) is 2.99. The minimum absolute atomic E-state index is 0.0192. The maximum atomic E-state index is 12.4. The Balaban J connectivity index is 1.74. The number of nitrogens with one attached hydrogen (secondary N) is 2. The van der Waals surface area contributed by atoms with Crippen molar-refractivity contribution in [2.75, 3.05) is 11.9 Å². The summed E-state index contributed by atoms with van der Waals surface area (Å²) < 4.78 is 29.2. The fourth-order valence-corrected chi connectivity index (χ4v) is 2.99. The second-order valence-electron chi connectivity index (χ2n) is 6.38. The summed E-state index contributed by atoms with van der Waals surface area (Å²) >= 11 is 0. The van der Waals surface area contributed by atoms with Crippen LogP contribution in [0.4, 0.5) is 14.5 Å². The summed E-state index contributed by atoms with van der Waals surface area (Å²) in [4.78, 5) is 12.4. The second-order valence-corrected chi connectivity index (χ2v) is 6.38. The number of nitriles is 1. The highest BCUT2D eigenvalue weighted by atomic mass is 19.3. The molecule has 0 radical (unpaired) electrons. The molecular weight excluding hydrogens is 388 g/mol. The zero-order valence-corrected chi connectivity index (χ0v) is 15.9. The molecule has 3 rings (SSSR count). The highest BCUT2D eigenvalue weighted by Crippen LogP contribution is 2.25. The Bertz CT molecular complexity index is 1020. The lowest BCUT2D eigenvalue weighted by Gasteiger charge is -2.20. The first-order chi connectivity index (χ1) is 14.6. The third-order valence-corrected chi connectivity index (χ3v) is 4.36. The predicted octanol–water partition coefficient (Wildman–Crippen LogP) is 4.48. The number of hydrogen-bond acceptors (Lipinski definition) is 4. The van der Waals surface area contributed by atoms with Crippen LogP contribution in [-0.2, 0) is 4.79 Å². The van der Waals surface area contributed by atoms with E-state index in [0.29, 0.717) is 11.3 Å². The predicted molar refractivity (Wildman–Crippen MR) is 109 cm³/mol. The van der Waals surface area contributed by atoms with E-state index in [9.17, 15) is 13.6 Å². The number of benzene rings is 3. The van der Waals surface area contributed by atoms with Crippen LogP contribution in [0.15, 0.2) is 78.9 Å². The molecular formula is C23H19F2N3O2. The number of hydrogen-bond donors (Lipinski definition) is 2. The van der Waals surface area contributed by atoms with E-state index in [0.717, 1.165) is 11.1 Å². The summed E-state index contributed by atoms with van der Waals surface area (Å²) in [6.45, 7) is -2.91. The van der Waals surface area contributed by atoms with Crippen LogP contribution in [0.2, 0.25) is 0 Å². The van der Waals surface area contributed by atoms with Crippen molar-refractivity contribution in [2.45, 2.75) is 12.7 Å². The van der Waals surface area contributed by atoms with Gasteiger partial charge in [0.2, 0.25) is 5.91 Å². The smallest absolute Gasteiger partial charge is 0.387 e. The van der Waals surface area contributed by atoms with Crippen LogP contribution in [-0.4, -0.2) is 19.1 Å². The molecule has 0 saturated carbocycles. The molecule has 7 heteroatoms. The minimum Gasteiger partial charge on any atom is -0.435 e. The van der Waals surface area contributed by atoms with E-state index in [4.69, 9.17) is 5.26 Å². The standard InChI is InChI=1S/C23H19F2N3O2/c24-23(25)30-19-12-10-17(11-13-19)22(16-6-2-1-3-7-16)27-15-21(29)28-20-9-5-4-8-18(20)14-26/h1-13,22-23,27H,15H2,(H,28,29)/t22-/m0/s1. The Morgan fingerprint density at radius 2 is 1.57 bits per heavy atom. The van der Waals surface area contributed by atoms with Crippen molar-refractivity contribution in [3.63, 3.8) is 0 Å². The Hall–Kier alpha value is -3.76. The van der Waals surface area contributed by atoms with Crippen LogP contribution in [0.1, 0.15) is 22.7 Å². The molecule has 5 nitrogen and oxygen atoms in total. The van der Waals surface area contributed by atoms with Crippen LogP contribution in [0.3, 0.4) is 0 Å². The molecule has 0 aliphatic carbocycles. The number of para-hydroxylation sites is 1. The summed E-state index contributed by atoms with van der Waals surface area (Å²) in [6.07, 6.45) is 0. The number of carbonyl (C=O) groups is 1. The molecule has 0 aliphatic heterocycles. The minimum atomic E-state index is -2.89. The molecule has 0 unspecified atom stereocenters. The van der Waals surface area contributed by atoms with Gasteiger partial charge in [0.25, 0.3) is 0 Å². The van der Waals surface area contributed by atoms with E-state index in [2.05, 4.69) is 15.4 Å². The summed E-state index contributed by atoms with van der Waals surface area (Å²) in [5.74, 6) is -0.247. The fraction of sp³-hybridized carbons (Fsp3) is 0.130. The monoisotopic (exact) mass is 407 g/mol. The topological polar surface area (TPSA) is 74.2 Å². The van der Waals surface area contributed by atoms with Crippen LogP contribution < -0.4 is 15.4 Å². The van der Waals surface area contributed by atoms with Crippen molar-refractivity contribution in [1.29, 1.82) is 5.26 Å². The van der Waals surface area contributed by atoms with Gasteiger partial charge in [0.05, 0.1) is 23.8 Å². The highest BCUT2D eigenvalue weighted by molar-refractivity contribution is 5.93. The molecule has 1 atom stereocenters. The lowest BCUT2D eigenvalue weighted by Crippen LogP contribution is -2.32. The molecule has 152 valence electrons. The number of anilines is 1. The molecule has 3 aromatic carbocycles. The number of rotatable bonds is 8. The Morgan fingerprint density at radius 1 is 0.933 bits per heavy atom. The third-order valence-electron chi connectivity index (χ3n) is 4.36. The van der Waals surface area contributed by atoms with Crippen molar-refractivity contribution in [1.82, 2.24) is 5.32 Å². The van der Waals surface area contributed by atoms with Crippen molar-refractivity contribution >= 4 is 11.6 Å². The zero-order chi connectivity index (χ0) is 21.3. The number of halogens is 2. The quantitative estimate of drug-likeness (QED) is 0.578. The van der Waals surface area contributed by atoms with Gasteiger partial charge in [-0.3, -0.25) is 10.1 Å². The molecule has 0 spiro atoms. The van der Waals surface area contributed by atoms with E-state index in [1.54, 1.807) is 36.4 Å². The van der Waals surface area contributed by atoms with Gasteiger partial charge in [-0.25, -0.2) is 0 Å². The number of amides is 1. The lowest BCUT2D eigenvalue weighted by atomic mass is 9.98. The summed E-state index contributed by atoms with van der Waals surface area (Å²) in [7, 11) is 0. The Kier molecular flexibility index (Phi) is 7.09. The largest absolute Gasteiger partial charge is 0.435 e. The zero-order valence-electron chi connectivity index (χ0n) is 15.9. The first-order valence-electron chi connectivity index (χ1n) is 9.19. The van der Waals surface area contributed by atoms with Crippen LogP contribution in [0, 0.1) is 11.3 Å². The normalized spacial score (nSPS) is 11.5. The first kappa shape index (κ1) is 21.0. The van der Waals surface area contributed by atoms with Crippen LogP contribution in [0.25, 0.3) is 0 Å². The molecule has 0 aliphatic rings. The molecule has 30 heavy (non-hydrogen) atoms. The van der Waals surface area contributed by atoms with Gasteiger partial charge in [0.1, 0.15) is 11.8 Å². The molecule has 1 amide bonds. The summed E-state index contributed by atoms with van der Waals surface area (Å²) in [5, 5.41) is 15.1. The van der Waals surface area contributed by atoms with E-state index in [-0.39, 0.29) is 24.2 Å². The van der Waals surface area contributed by atoms with Gasteiger partial charge >= 0.3 is 6.61 Å². The van der Waals surface area contributed by atoms with Crippen LogP contribution in [0.5, 0.6) is 5.75 Å². The number of ether oxygens (including phenoxy) is 1. The van der Waals surface area contributed by atoms with Gasteiger partial charge in [-0.2, -0.15) is 14.0 Å². The van der Waals surface area contributed by atoms with Gasteiger partial charge in [0, 0.05) is 0 Å². The average molecular weight is 407 g/mol. The number of alkyl halides is 2. The molecule has 0 fully saturated rings. The van der Waals surface area contributed by atoms with Gasteiger partial charge in [-0.1, -0.05) is 54.6 Å². The molecule has 3 aromatic rings. The molecule has 0 aromatic heterocycles. The average Bonchev–Trinajstić information content (AvgIpc) is 2.76. The number of carbonyl (C=O) groups excluding carboxylic acids is 1. The first-order valence-corrected chi connectivity index (χ1v) is 9.19. The highest BCUT2D eigenvalue weighted by Gasteiger charge is 2.16. The van der Waals surface area contributed by atoms with E-state index in [1.807, 2.05) is 36.4 Å². The summed E-state index contributed by atoms with van der Waals surface area (Å²) in [5.41, 5.74) is 2.51. The maximum absolute atomic E-state index is 12.4. The van der Waals surface area contributed by atoms with E-state index >= 15 is 0 Å². The van der Waals surface area contributed by atoms with Crippen molar-refractivity contribution < 1.29 is 18.3 Å². The maximum Gasteiger partial charge on any atom is 0.387 e. The van der Waals surface area contributed by atoms with Crippen molar-refractivity contribution in [2.24, 2.45) is 0 Å². The molecule has 0 heterocycles. The summed E-state index contributed by atoms with van der Waals surface area (Å²) in [6, 6.07) is 24.1. The van der Waals surface area contributed by atoms with Gasteiger partial charge < -0.3 is 10.1 Å². The van der Waals surface area contributed by atoms with Gasteiger partial charge in [0.15, 0.2) is 0 Å². The SMILES string of the molecule is N#Cc1ccccc1NC(=O)CN[C@@H](c1ccccc1)c1ccc(OC(F)F)cc1. The van der Waals surface area contributed by atoms with Crippen molar-refractivity contribution in [3.8, 4) is 11.8 Å². The Labute approximate surface area is 172 Å². The van der Waals surface area contributed by atoms with Crippen molar-refractivity contribution in [3.05, 3.63) is 95.6 Å². The third kappa shape index (κ3) is 5.63. The Morgan fingerprint density at radius 3 is 2.23 bits per heavy atom. The van der Waals surface area contributed by atoms with Gasteiger partial charge in [-0.15, -0.1) is 0 Å². The number of nitrogens with zero attached hydrogens (tertiary/aromatic N) is 1. The molecule has 0 bridgehead atoms.